The molecule has 6 heteroatoms. The van der Waals surface area contributed by atoms with E-state index in [0.717, 1.165) is 62.1 Å². The van der Waals surface area contributed by atoms with Crippen LogP contribution in [0.5, 0.6) is 0 Å². The fourth-order valence-electron chi connectivity index (χ4n) is 2.83. The molecule has 1 aromatic heterocycles. The van der Waals surface area contributed by atoms with Gasteiger partial charge in [-0.3, -0.25) is 5.10 Å². The SMILES string of the molecule is CC(C)CCNC(=O)N(C)CCCCCc1cc(-c2cccc(F)c2)n[nH]1. The number of rotatable bonds is 10. The van der Waals surface area contributed by atoms with Gasteiger partial charge in [-0.25, -0.2) is 9.18 Å². The van der Waals surface area contributed by atoms with E-state index in [-0.39, 0.29) is 11.8 Å². The van der Waals surface area contributed by atoms with Crippen LogP contribution in [0.25, 0.3) is 11.3 Å². The third-order valence-electron chi connectivity index (χ3n) is 4.54. The number of H-pyrrole nitrogens is 1. The van der Waals surface area contributed by atoms with Gasteiger partial charge in [0.2, 0.25) is 0 Å². The summed E-state index contributed by atoms with van der Waals surface area (Å²) in [4.78, 5) is 13.7. The average Bonchev–Trinajstić information content (AvgIpc) is 3.10. The van der Waals surface area contributed by atoms with Crippen molar-refractivity contribution in [2.75, 3.05) is 20.1 Å². The van der Waals surface area contributed by atoms with Crippen LogP contribution < -0.4 is 5.32 Å². The monoisotopic (exact) mass is 374 g/mol. The van der Waals surface area contributed by atoms with Gasteiger partial charge in [-0.05, 0) is 49.8 Å². The summed E-state index contributed by atoms with van der Waals surface area (Å²) in [6.07, 6.45) is 4.93. The lowest BCUT2D eigenvalue weighted by Gasteiger charge is -2.18. The van der Waals surface area contributed by atoms with Gasteiger partial charge in [0.15, 0.2) is 0 Å². The summed E-state index contributed by atoms with van der Waals surface area (Å²) in [6, 6.07) is 8.44. The molecule has 0 saturated carbocycles. The molecular formula is C21H31FN4O. The Kier molecular flexibility index (Phi) is 8.30. The van der Waals surface area contributed by atoms with Gasteiger partial charge in [0.25, 0.3) is 0 Å². The summed E-state index contributed by atoms with van der Waals surface area (Å²) in [5, 5.41) is 10.2. The minimum atomic E-state index is -0.255. The van der Waals surface area contributed by atoms with Gasteiger partial charge in [0.05, 0.1) is 5.69 Å². The van der Waals surface area contributed by atoms with E-state index in [0.29, 0.717) is 5.92 Å². The van der Waals surface area contributed by atoms with Gasteiger partial charge >= 0.3 is 6.03 Å². The van der Waals surface area contributed by atoms with Crippen molar-refractivity contribution in [3.8, 4) is 11.3 Å². The van der Waals surface area contributed by atoms with Crippen molar-refractivity contribution in [3.63, 3.8) is 0 Å². The van der Waals surface area contributed by atoms with E-state index in [1.807, 2.05) is 19.2 Å². The summed E-state index contributed by atoms with van der Waals surface area (Å²) < 4.78 is 13.3. The number of carbonyl (C=O) groups excluding carboxylic acids is 1. The number of aromatic nitrogens is 2. The zero-order valence-corrected chi connectivity index (χ0v) is 16.6. The summed E-state index contributed by atoms with van der Waals surface area (Å²) in [7, 11) is 1.84. The smallest absolute Gasteiger partial charge is 0.317 e. The molecule has 27 heavy (non-hydrogen) atoms. The first-order valence-electron chi connectivity index (χ1n) is 9.75. The molecule has 0 radical (unpaired) electrons. The Labute approximate surface area is 161 Å². The topological polar surface area (TPSA) is 61.0 Å². The molecule has 0 aliphatic rings. The minimum Gasteiger partial charge on any atom is -0.338 e. The second kappa shape index (κ2) is 10.7. The van der Waals surface area contributed by atoms with Crippen molar-refractivity contribution in [1.29, 1.82) is 0 Å². The number of unbranched alkanes of at least 4 members (excludes halogenated alkanes) is 2. The van der Waals surface area contributed by atoms with Crippen LogP contribution in [0.1, 0.15) is 45.2 Å². The van der Waals surface area contributed by atoms with Crippen molar-refractivity contribution in [2.45, 2.75) is 46.0 Å². The third kappa shape index (κ3) is 7.41. The Morgan fingerprint density at radius 3 is 2.81 bits per heavy atom. The number of nitrogens with one attached hydrogen (secondary N) is 2. The number of aromatic amines is 1. The molecule has 2 aromatic rings. The highest BCUT2D eigenvalue weighted by atomic mass is 19.1. The molecule has 0 aliphatic carbocycles. The second-order valence-corrected chi connectivity index (χ2v) is 7.44. The number of urea groups is 1. The molecule has 0 aliphatic heterocycles. The Morgan fingerprint density at radius 1 is 1.26 bits per heavy atom. The maximum atomic E-state index is 13.3. The average molecular weight is 375 g/mol. The zero-order chi connectivity index (χ0) is 19.6. The molecule has 2 rings (SSSR count). The van der Waals surface area contributed by atoms with Crippen molar-refractivity contribution in [2.24, 2.45) is 5.92 Å². The number of hydrogen-bond donors (Lipinski definition) is 2. The van der Waals surface area contributed by atoms with Crippen molar-refractivity contribution >= 4 is 6.03 Å². The lowest BCUT2D eigenvalue weighted by Crippen LogP contribution is -2.38. The van der Waals surface area contributed by atoms with Crippen LogP contribution in [0, 0.1) is 11.7 Å². The molecule has 0 atom stereocenters. The van der Waals surface area contributed by atoms with Crippen molar-refractivity contribution < 1.29 is 9.18 Å². The van der Waals surface area contributed by atoms with E-state index in [1.165, 1.54) is 12.1 Å². The van der Waals surface area contributed by atoms with Gasteiger partial charge in [-0.15, -0.1) is 0 Å². The van der Waals surface area contributed by atoms with Crippen LogP contribution >= 0.6 is 0 Å². The highest BCUT2D eigenvalue weighted by molar-refractivity contribution is 5.73. The third-order valence-corrected chi connectivity index (χ3v) is 4.54. The van der Waals surface area contributed by atoms with Crippen molar-refractivity contribution in [1.82, 2.24) is 20.4 Å². The highest BCUT2D eigenvalue weighted by Crippen LogP contribution is 2.19. The molecule has 0 spiro atoms. The lowest BCUT2D eigenvalue weighted by atomic mass is 10.1. The quantitative estimate of drug-likeness (QED) is 0.596. The number of nitrogens with zero attached hydrogens (tertiary/aromatic N) is 2. The normalized spacial score (nSPS) is 11.0. The number of aryl methyl sites for hydroxylation is 1. The van der Waals surface area contributed by atoms with E-state index in [1.54, 1.807) is 11.0 Å². The Hall–Kier alpha value is -2.37. The summed E-state index contributed by atoms with van der Waals surface area (Å²) in [5.74, 6) is 0.342. The summed E-state index contributed by atoms with van der Waals surface area (Å²) >= 11 is 0. The van der Waals surface area contributed by atoms with Crippen LogP contribution in [-0.4, -0.2) is 41.3 Å². The molecule has 0 saturated heterocycles. The minimum absolute atomic E-state index is 0.00366. The van der Waals surface area contributed by atoms with E-state index in [4.69, 9.17) is 0 Å². The zero-order valence-electron chi connectivity index (χ0n) is 16.6. The Bertz CT molecular complexity index is 714. The summed E-state index contributed by atoms with van der Waals surface area (Å²) in [5.41, 5.74) is 2.60. The maximum Gasteiger partial charge on any atom is 0.317 e. The molecule has 1 aromatic carbocycles. The fraction of sp³-hybridized carbons (Fsp3) is 0.524. The predicted molar refractivity (Wildman–Crippen MR) is 107 cm³/mol. The van der Waals surface area contributed by atoms with Crippen LogP contribution in [0.3, 0.4) is 0 Å². The second-order valence-electron chi connectivity index (χ2n) is 7.44. The molecule has 148 valence electrons. The molecule has 2 N–H and O–H groups in total. The van der Waals surface area contributed by atoms with Gasteiger partial charge in [-0.1, -0.05) is 32.4 Å². The molecule has 1 heterocycles. The standard InChI is InChI=1S/C21H31FN4O/c1-16(2)11-12-23-21(27)26(3)13-6-4-5-10-19-15-20(25-24-19)17-8-7-9-18(22)14-17/h7-9,14-16H,4-6,10-13H2,1-3H3,(H,23,27)(H,24,25). The Morgan fingerprint density at radius 2 is 2.07 bits per heavy atom. The predicted octanol–water partition coefficient (Wildman–Crippen LogP) is 4.62. The van der Waals surface area contributed by atoms with Crippen molar-refractivity contribution in [3.05, 3.63) is 41.8 Å². The largest absolute Gasteiger partial charge is 0.338 e. The molecule has 2 amide bonds. The first-order chi connectivity index (χ1) is 13.0. The number of amides is 2. The van der Waals surface area contributed by atoms with Crippen LogP contribution in [0.4, 0.5) is 9.18 Å². The molecule has 0 bridgehead atoms. The van der Waals surface area contributed by atoms with E-state index in [2.05, 4.69) is 29.4 Å². The number of benzene rings is 1. The lowest BCUT2D eigenvalue weighted by molar-refractivity contribution is 0.207. The highest BCUT2D eigenvalue weighted by Gasteiger charge is 2.08. The number of halogens is 1. The molecular weight excluding hydrogens is 343 g/mol. The first-order valence-corrected chi connectivity index (χ1v) is 9.75. The molecule has 0 fully saturated rings. The van der Waals surface area contributed by atoms with E-state index >= 15 is 0 Å². The number of hydrogen-bond acceptors (Lipinski definition) is 2. The van der Waals surface area contributed by atoms with Crippen LogP contribution in [0.2, 0.25) is 0 Å². The van der Waals surface area contributed by atoms with E-state index in [9.17, 15) is 9.18 Å². The fourth-order valence-corrected chi connectivity index (χ4v) is 2.83. The number of carbonyl (C=O) groups is 1. The maximum absolute atomic E-state index is 13.3. The van der Waals surface area contributed by atoms with Crippen LogP contribution in [-0.2, 0) is 6.42 Å². The van der Waals surface area contributed by atoms with Gasteiger partial charge in [0.1, 0.15) is 5.82 Å². The van der Waals surface area contributed by atoms with Gasteiger partial charge in [-0.2, -0.15) is 5.10 Å². The van der Waals surface area contributed by atoms with E-state index < -0.39 is 0 Å². The van der Waals surface area contributed by atoms with Gasteiger partial charge < -0.3 is 10.2 Å². The molecule has 0 unspecified atom stereocenters. The van der Waals surface area contributed by atoms with Crippen LogP contribution in [0.15, 0.2) is 30.3 Å². The van der Waals surface area contributed by atoms with Gasteiger partial charge in [0, 0.05) is 31.4 Å². The first kappa shape index (κ1) is 20.9. The summed E-state index contributed by atoms with van der Waals surface area (Å²) in [6.45, 7) is 5.78. The molecule has 5 nitrogen and oxygen atoms in total. The Balaban J connectivity index is 1.64.